The highest BCUT2D eigenvalue weighted by Gasteiger charge is 2.40. The van der Waals surface area contributed by atoms with E-state index >= 15 is 0 Å². The van der Waals surface area contributed by atoms with Gasteiger partial charge in [0.05, 0.1) is 19.8 Å². The molecule has 1 aliphatic heterocycles. The van der Waals surface area contributed by atoms with Gasteiger partial charge in [-0.3, -0.25) is 4.79 Å². The predicted octanol–water partition coefficient (Wildman–Crippen LogP) is 4.72. The summed E-state index contributed by atoms with van der Waals surface area (Å²) in [6.45, 7) is 15.0. The molecule has 2 unspecified atom stereocenters. The van der Waals surface area contributed by atoms with Crippen molar-refractivity contribution in [2.24, 2.45) is 0 Å². The molecule has 0 radical (unpaired) electrons. The molecule has 0 saturated carbocycles. The molecule has 1 aromatic rings. The van der Waals surface area contributed by atoms with E-state index in [1.165, 1.54) is 18.4 Å². The van der Waals surface area contributed by atoms with Gasteiger partial charge in [0.1, 0.15) is 18.2 Å². The number of hydrogen-bond donors (Lipinski definition) is 1. The van der Waals surface area contributed by atoms with Crippen molar-refractivity contribution in [2.45, 2.75) is 92.1 Å². The van der Waals surface area contributed by atoms with Crippen molar-refractivity contribution in [3.05, 3.63) is 35.9 Å². The van der Waals surface area contributed by atoms with Gasteiger partial charge in [-0.15, -0.1) is 0 Å². The fraction of sp³-hybridized carbons (Fsp3) is 0.679. The van der Waals surface area contributed by atoms with Gasteiger partial charge >= 0.3 is 12.1 Å². The van der Waals surface area contributed by atoms with Crippen LogP contribution in [-0.2, 0) is 35.1 Å². The van der Waals surface area contributed by atoms with Crippen LogP contribution in [0.3, 0.4) is 0 Å². The van der Waals surface area contributed by atoms with Gasteiger partial charge in [-0.05, 0) is 32.8 Å². The van der Waals surface area contributed by atoms with Gasteiger partial charge in [0.15, 0.2) is 0 Å². The maximum absolute atomic E-state index is 12.6. The highest BCUT2D eigenvalue weighted by atomic mass is 16.6. The van der Waals surface area contributed by atoms with Crippen molar-refractivity contribution in [1.29, 1.82) is 0 Å². The van der Waals surface area contributed by atoms with Gasteiger partial charge in [0.2, 0.25) is 5.91 Å². The van der Waals surface area contributed by atoms with Gasteiger partial charge < -0.3 is 29.2 Å². The number of carbonyl (C=O) groups is 3. The number of nitrogens with zero attached hydrogens (tertiary/aromatic N) is 1. The lowest BCUT2D eigenvalue weighted by Gasteiger charge is -2.23. The molecular weight excluding hydrogens is 476 g/mol. The van der Waals surface area contributed by atoms with E-state index in [0.717, 1.165) is 5.56 Å². The molecule has 2 rings (SSSR count). The van der Waals surface area contributed by atoms with Crippen LogP contribution < -0.4 is 5.32 Å². The number of rotatable bonds is 10. The summed E-state index contributed by atoms with van der Waals surface area (Å²) in [6, 6.07) is 9.16. The maximum atomic E-state index is 12.6. The summed E-state index contributed by atoms with van der Waals surface area (Å²) >= 11 is 0. The summed E-state index contributed by atoms with van der Waals surface area (Å²) in [7, 11) is 1.28. The van der Waals surface area contributed by atoms with E-state index in [1.807, 2.05) is 44.2 Å². The zero-order valence-electron chi connectivity index (χ0n) is 24.0. The lowest BCUT2D eigenvalue weighted by Crippen LogP contribution is -2.46. The summed E-state index contributed by atoms with van der Waals surface area (Å²) in [6.07, 6.45) is 1.30. The number of methoxy groups -OCH3 is 1. The van der Waals surface area contributed by atoms with Gasteiger partial charge in [-0.25, -0.2) is 9.59 Å². The van der Waals surface area contributed by atoms with Crippen molar-refractivity contribution < 1.29 is 33.3 Å². The average Bonchev–Trinajstić information content (AvgIpc) is 3.30. The summed E-state index contributed by atoms with van der Waals surface area (Å²) in [4.78, 5) is 37.9. The first-order valence-electron chi connectivity index (χ1n) is 13.2. The quantitative estimate of drug-likeness (QED) is 0.349. The molecule has 2 amide bonds. The Morgan fingerprint density at radius 3 is 2.24 bits per heavy atom. The van der Waals surface area contributed by atoms with Crippen molar-refractivity contribution in [3.63, 3.8) is 0 Å². The average molecular weight is 525 g/mol. The Labute approximate surface area is 223 Å². The number of hydrogen-bond acceptors (Lipinski definition) is 7. The normalized spacial score (nSPS) is 16.5. The van der Waals surface area contributed by atoms with Crippen LogP contribution in [0.15, 0.2) is 30.3 Å². The number of esters is 1. The van der Waals surface area contributed by atoms with Crippen molar-refractivity contribution in [1.82, 2.24) is 10.2 Å². The number of ether oxygens (including phenoxy) is 4. The summed E-state index contributed by atoms with van der Waals surface area (Å²) in [5.41, 5.74) is 0.443. The molecule has 9 nitrogen and oxygen atoms in total. The Kier molecular flexibility index (Phi) is 18.1. The van der Waals surface area contributed by atoms with E-state index in [-0.39, 0.29) is 19.2 Å². The molecule has 0 bridgehead atoms. The topological polar surface area (TPSA) is 103 Å². The Morgan fingerprint density at radius 1 is 1.05 bits per heavy atom. The second-order valence-corrected chi connectivity index (χ2v) is 9.27. The SMILES string of the molecule is CC.CCC.COC(=O)C1CC(OCCCOCc2ccccc2)CN1C(=O)CNC(=O)OC(C)(C)C. The third-order valence-corrected chi connectivity index (χ3v) is 4.74. The minimum absolute atomic E-state index is 0.249. The molecule has 1 saturated heterocycles. The molecule has 1 heterocycles. The lowest BCUT2D eigenvalue weighted by molar-refractivity contribution is -0.150. The fourth-order valence-corrected chi connectivity index (χ4v) is 3.29. The smallest absolute Gasteiger partial charge is 0.408 e. The molecule has 37 heavy (non-hydrogen) atoms. The Balaban J connectivity index is 0.00000241. The van der Waals surface area contributed by atoms with Crippen LogP contribution in [0.1, 0.15) is 73.3 Å². The largest absolute Gasteiger partial charge is 0.467 e. The van der Waals surface area contributed by atoms with Crippen LogP contribution in [0.4, 0.5) is 4.79 Å². The fourth-order valence-electron chi connectivity index (χ4n) is 3.29. The zero-order valence-corrected chi connectivity index (χ0v) is 24.0. The van der Waals surface area contributed by atoms with E-state index in [9.17, 15) is 14.4 Å². The first-order valence-corrected chi connectivity index (χ1v) is 13.2. The molecular formula is C28H48N2O7. The molecule has 2 atom stereocenters. The Bertz CT molecular complexity index is 766. The van der Waals surface area contributed by atoms with Crippen LogP contribution >= 0.6 is 0 Å². The number of alkyl carbamates (subject to hydrolysis) is 1. The monoisotopic (exact) mass is 524 g/mol. The lowest BCUT2D eigenvalue weighted by atomic mass is 10.2. The first kappa shape index (κ1) is 34.4. The van der Waals surface area contributed by atoms with Gasteiger partial charge in [-0.2, -0.15) is 0 Å². The second kappa shape index (κ2) is 19.5. The molecule has 1 N–H and O–H groups in total. The van der Waals surface area contributed by atoms with Gasteiger partial charge in [0, 0.05) is 26.2 Å². The van der Waals surface area contributed by atoms with Gasteiger partial charge in [0.25, 0.3) is 0 Å². The number of carbonyl (C=O) groups excluding carboxylic acids is 3. The minimum atomic E-state index is -0.743. The van der Waals surface area contributed by atoms with Crippen LogP contribution in [0.25, 0.3) is 0 Å². The Hall–Kier alpha value is -2.65. The molecule has 1 aliphatic rings. The van der Waals surface area contributed by atoms with E-state index in [4.69, 9.17) is 18.9 Å². The van der Waals surface area contributed by atoms with Crippen LogP contribution in [0, 0.1) is 0 Å². The molecule has 1 aromatic carbocycles. The van der Waals surface area contributed by atoms with Crippen LogP contribution in [0.2, 0.25) is 0 Å². The molecule has 1 fully saturated rings. The number of nitrogens with one attached hydrogen (secondary N) is 1. The Morgan fingerprint density at radius 2 is 1.68 bits per heavy atom. The first-order chi connectivity index (χ1) is 17.6. The summed E-state index contributed by atoms with van der Waals surface area (Å²) in [5.74, 6) is -0.906. The van der Waals surface area contributed by atoms with E-state index in [2.05, 4.69) is 19.2 Å². The number of amides is 2. The maximum Gasteiger partial charge on any atom is 0.408 e. The van der Waals surface area contributed by atoms with Crippen molar-refractivity contribution in [2.75, 3.05) is 33.4 Å². The summed E-state index contributed by atoms with van der Waals surface area (Å²) < 4.78 is 21.5. The predicted molar refractivity (Wildman–Crippen MR) is 144 cm³/mol. The third kappa shape index (κ3) is 15.3. The van der Waals surface area contributed by atoms with Crippen LogP contribution in [-0.4, -0.2) is 74.0 Å². The summed E-state index contributed by atoms with van der Waals surface area (Å²) in [5, 5.41) is 2.43. The van der Waals surface area contributed by atoms with Crippen LogP contribution in [0.5, 0.6) is 0 Å². The molecule has 212 valence electrons. The molecule has 9 heteroatoms. The van der Waals surface area contributed by atoms with E-state index < -0.39 is 29.6 Å². The van der Waals surface area contributed by atoms with E-state index in [0.29, 0.717) is 32.7 Å². The molecule has 0 aromatic heterocycles. The molecule has 0 spiro atoms. The third-order valence-electron chi connectivity index (χ3n) is 4.74. The number of benzene rings is 1. The minimum Gasteiger partial charge on any atom is -0.467 e. The van der Waals surface area contributed by atoms with E-state index in [1.54, 1.807) is 20.8 Å². The van der Waals surface area contributed by atoms with Crippen molar-refractivity contribution >= 4 is 18.0 Å². The molecule has 0 aliphatic carbocycles. The standard InChI is InChI=1S/C23H34N2O7.C3H8.C2H6/c1-23(2,3)32-22(28)24-14-20(26)25-15-18(13-19(25)21(27)29-4)31-12-8-11-30-16-17-9-6-5-7-10-17;1-3-2;1-2/h5-7,9-10,18-19H,8,11-16H2,1-4H3,(H,24,28);3H2,1-2H3;1-2H3. The highest BCUT2D eigenvalue weighted by Crippen LogP contribution is 2.22. The second-order valence-electron chi connectivity index (χ2n) is 9.27. The highest BCUT2D eigenvalue weighted by molar-refractivity contribution is 5.88. The van der Waals surface area contributed by atoms with Gasteiger partial charge in [-0.1, -0.05) is 64.4 Å². The van der Waals surface area contributed by atoms with Crippen molar-refractivity contribution in [3.8, 4) is 0 Å². The zero-order chi connectivity index (χ0) is 28.3. The number of likely N-dealkylation sites (tertiary alicyclic amines) is 1.